The zero-order valence-corrected chi connectivity index (χ0v) is 19.8. The molecule has 156 valence electrons. The van der Waals surface area contributed by atoms with Crippen molar-refractivity contribution in [2.75, 3.05) is 0 Å². The second-order valence-electron chi connectivity index (χ2n) is 9.35. The van der Waals surface area contributed by atoms with Gasteiger partial charge in [-0.25, -0.2) is 4.98 Å². The number of fused-ring (bicyclic) bond motifs is 1. The first-order valence-corrected chi connectivity index (χ1v) is 14.7. The number of rotatable bonds is 4. The lowest BCUT2D eigenvalue weighted by Gasteiger charge is -2.18. The molecule has 0 aliphatic heterocycles. The predicted molar refractivity (Wildman–Crippen MR) is 141 cm³/mol. The fourth-order valence-electron chi connectivity index (χ4n) is 4.18. The summed E-state index contributed by atoms with van der Waals surface area (Å²) in [6, 6.07) is 39.0. The molecule has 4 aromatic carbocycles. The number of pyridine rings is 1. The highest BCUT2D eigenvalue weighted by Crippen LogP contribution is 2.35. The van der Waals surface area contributed by atoms with Crippen molar-refractivity contribution in [3.8, 4) is 33.5 Å². The van der Waals surface area contributed by atoms with E-state index in [1.54, 1.807) is 0 Å². The molecule has 0 saturated heterocycles. The van der Waals surface area contributed by atoms with Crippen molar-refractivity contribution in [2.24, 2.45) is 0 Å². The minimum absolute atomic E-state index is 1.03. The molecule has 1 aromatic heterocycles. The third-order valence-corrected chi connectivity index (χ3v) is 8.05. The molecule has 1 nitrogen and oxygen atoms in total. The van der Waals surface area contributed by atoms with Gasteiger partial charge in [-0.3, -0.25) is 0 Å². The lowest BCUT2D eigenvalue weighted by molar-refractivity contribution is 1.39. The van der Waals surface area contributed by atoms with Gasteiger partial charge in [-0.1, -0.05) is 116 Å². The molecule has 0 atom stereocenters. The standard InChI is InChI=1S/C30H27NSi/c1-32(2,3)27-17-18-29-26(20-27)21-28(23-13-8-5-9-14-23)30(31-29)25-16-10-15-24(19-25)22-11-6-4-7-12-22/h4-21H,1-3H3. The minimum atomic E-state index is -1.40. The monoisotopic (exact) mass is 429 g/mol. The molecule has 0 saturated carbocycles. The van der Waals surface area contributed by atoms with Crippen molar-refractivity contribution >= 4 is 24.2 Å². The quantitative estimate of drug-likeness (QED) is 0.266. The largest absolute Gasteiger partial charge is 0.247 e. The maximum Gasteiger partial charge on any atom is 0.0788 e. The predicted octanol–water partition coefficient (Wildman–Crippen LogP) is 7.78. The van der Waals surface area contributed by atoms with Crippen LogP contribution in [-0.4, -0.2) is 13.1 Å². The van der Waals surface area contributed by atoms with E-state index in [1.165, 1.54) is 32.8 Å². The molecule has 0 spiro atoms. The van der Waals surface area contributed by atoms with Gasteiger partial charge in [-0.05, 0) is 34.9 Å². The van der Waals surface area contributed by atoms with Crippen molar-refractivity contribution < 1.29 is 0 Å². The molecule has 0 amide bonds. The summed E-state index contributed by atoms with van der Waals surface area (Å²) in [4.78, 5) is 5.20. The summed E-state index contributed by atoms with van der Waals surface area (Å²) in [7, 11) is -1.40. The zero-order valence-electron chi connectivity index (χ0n) is 18.8. The van der Waals surface area contributed by atoms with E-state index in [4.69, 9.17) is 4.98 Å². The van der Waals surface area contributed by atoms with Crippen LogP contribution in [0.4, 0.5) is 0 Å². The Labute approximate surface area is 191 Å². The second-order valence-corrected chi connectivity index (χ2v) is 14.4. The number of nitrogens with zero attached hydrogens (tertiary/aromatic N) is 1. The number of hydrogen-bond donors (Lipinski definition) is 0. The average Bonchev–Trinajstić information content (AvgIpc) is 2.83. The molecule has 5 rings (SSSR count). The van der Waals surface area contributed by atoms with Crippen molar-refractivity contribution in [2.45, 2.75) is 19.6 Å². The summed E-state index contributed by atoms with van der Waals surface area (Å²) in [5.74, 6) is 0. The smallest absolute Gasteiger partial charge is 0.0788 e. The lowest BCUT2D eigenvalue weighted by atomic mass is 9.95. The summed E-state index contributed by atoms with van der Waals surface area (Å²) >= 11 is 0. The molecule has 1 heterocycles. The van der Waals surface area contributed by atoms with Gasteiger partial charge in [0.25, 0.3) is 0 Å². The third kappa shape index (κ3) is 4.02. The van der Waals surface area contributed by atoms with Crippen LogP contribution in [0, 0.1) is 0 Å². The summed E-state index contributed by atoms with van der Waals surface area (Å²) in [5.41, 5.74) is 8.01. The molecule has 0 radical (unpaired) electrons. The Morgan fingerprint density at radius 1 is 0.531 bits per heavy atom. The Balaban J connectivity index is 1.73. The van der Waals surface area contributed by atoms with E-state index < -0.39 is 8.07 Å². The lowest BCUT2D eigenvalue weighted by Crippen LogP contribution is -2.37. The van der Waals surface area contributed by atoms with E-state index in [0.29, 0.717) is 0 Å². The fourth-order valence-corrected chi connectivity index (χ4v) is 5.35. The molecule has 0 fully saturated rings. The molecule has 0 bridgehead atoms. The summed E-state index contributed by atoms with van der Waals surface area (Å²) < 4.78 is 0. The van der Waals surface area contributed by atoms with Gasteiger partial charge < -0.3 is 0 Å². The van der Waals surface area contributed by atoms with E-state index in [1.807, 2.05) is 0 Å². The third-order valence-electron chi connectivity index (χ3n) is 6.01. The maximum absolute atomic E-state index is 5.20. The van der Waals surface area contributed by atoms with Crippen LogP contribution >= 0.6 is 0 Å². The Hall–Kier alpha value is -3.49. The highest BCUT2D eigenvalue weighted by Gasteiger charge is 2.18. The van der Waals surface area contributed by atoms with E-state index in [9.17, 15) is 0 Å². The van der Waals surface area contributed by atoms with Crippen LogP contribution in [-0.2, 0) is 0 Å². The highest BCUT2D eigenvalue weighted by molar-refractivity contribution is 6.88. The van der Waals surface area contributed by atoms with E-state index >= 15 is 0 Å². The topological polar surface area (TPSA) is 12.9 Å². The maximum atomic E-state index is 5.20. The molecule has 5 aromatic rings. The summed E-state index contributed by atoms with van der Waals surface area (Å²) in [5, 5.41) is 2.68. The van der Waals surface area contributed by atoms with Crippen molar-refractivity contribution in [1.82, 2.24) is 4.98 Å². The number of hydrogen-bond acceptors (Lipinski definition) is 1. The van der Waals surface area contributed by atoms with Crippen LogP contribution in [0.15, 0.2) is 109 Å². The number of aromatic nitrogens is 1. The highest BCUT2D eigenvalue weighted by atomic mass is 28.3. The first-order valence-electron chi connectivity index (χ1n) is 11.2. The molecule has 0 aliphatic carbocycles. The molecule has 32 heavy (non-hydrogen) atoms. The van der Waals surface area contributed by atoms with Crippen LogP contribution in [0.1, 0.15) is 0 Å². The SMILES string of the molecule is C[Si](C)(C)c1ccc2nc(-c3cccc(-c4ccccc4)c3)c(-c3ccccc3)cc2c1. The van der Waals surface area contributed by atoms with Crippen molar-refractivity contribution in [3.63, 3.8) is 0 Å². The van der Waals surface area contributed by atoms with Gasteiger partial charge in [-0.15, -0.1) is 0 Å². The van der Waals surface area contributed by atoms with E-state index in [-0.39, 0.29) is 0 Å². The normalized spacial score (nSPS) is 11.6. The van der Waals surface area contributed by atoms with Gasteiger partial charge in [0.2, 0.25) is 0 Å². The molecule has 0 N–H and O–H groups in total. The first-order chi connectivity index (χ1) is 15.5. The van der Waals surface area contributed by atoms with Crippen LogP contribution in [0.2, 0.25) is 19.6 Å². The minimum Gasteiger partial charge on any atom is -0.247 e. The molecule has 0 aliphatic rings. The molecule has 0 unspecified atom stereocenters. The van der Waals surface area contributed by atoms with Gasteiger partial charge in [0, 0.05) is 16.5 Å². The first kappa shape index (κ1) is 20.4. The Kier molecular flexibility index (Phi) is 5.24. The Morgan fingerprint density at radius 2 is 1.16 bits per heavy atom. The van der Waals surface area contributed by atoms with E-state index in [0.717, 1.165) is 16.8 Å². The zero-order chi connectivity index (χ0) is 22.1. The molecular weight excluding hydrogens is 402 g/mol. The van der Waals surface area contributed by atoms with Crippen LogP contribution in [0.25, 0.3) is 44.4 Å². The van der Waals surface area contributed by atoms with Crippen LogP contribution < -0.4 is 5.19 Å². The van der Waals surface area contributed by atoms with E-state index in [2.05, 4.69) is 129 Å². The number of benzene rings is 4. The van der Waals surface area contributed by atoms with Crippen molar-refractivity contribution in [3.05, 3.63) is 109 Å². The van der Waals surface area contributed by atoms with Gasteiger partial charge >= 0.3 is 0 Å². The summed E-state index contributed by atoms with van der Waals surface area (Å²) in [6.07, 6.45) is 0. The Morgan fingerprint density at radius 3 is 1.84 bits per heavy atom. The van der Waals surface area contributed by atoms with Gasteiger partial charge in [0.1, 0.15) is 0 Å². The molecular formula is C30H27NSi. The second kappa shape index (κ2) is 8.21. The Bertz CT molecular complexity index is 1380. The fraction of sp³-hybridized carbons (Fsp3) is 0.100. The molecule has 2 heteroatoms. The average molecular weight is 430 g/mol. The summed E-state index contributed by atoms with van der Waals surface area (Å²) in [6.45, 7) is 7.18. The van der Waals surface area contributed by atoms with Crippen LogP contribution in [0.5, 0.6) is 0 Å². The van der Waals surface area contributed by atoms with Crippen LogP contribution in [0.3, 0.4) is 0 Å². The van der Waals surface area contributed by atoms with Gasteiger partial charge in [-0.2, -0.15) is 0 Å². The van der Waals surface area contributed by atoms with Crippen molar-refractivity contribution in [1.29, 1.82) is 0 Å². The van der Waals surface area contributed by atoms with Gasteiger partial charge in [0.05, 0.1) is 19.3 Å². The van der Waals surface area contributed by atoms with Gasteiger partial charge in [0.15, 0.2) is 0 Å².